The lowest BCUT2D eigenvalue weighted by Crippen LogP contribution is -2.50. The summed E-state index contributed by atoms with van der Waals surface area (Å²) in [5.74, 6) is -0.204. The van der Waals surface area contributed by atoms with E-state index in [1.807, 2.05) is 25.1 Å². The van der Waals surface area contributed by atoms with Crippen molar-refractivity contribution in [3.63, 3.8) is 0 Å². The second-order valence-electron chi connectivity index (χ2n) is 4.89. The molecule has 2 rings (SSSR count). The van der Waals surface area contributed by atoms with Crippen molar-refractivity contribution in [2.24, 2.45) is 0 Å². The van der Waals surface area contributed by atoms with Gasteiger partial charge in [-0.25, -0.2) is 8.42 Å². The van der Waals surface area contributed by atoms with Gasteiger partial charge in [-0.15, -0.1) is 0 Å². The number of hydrogen-bond donors (Lipinski definition) is 0. The van der Waals surface area contributed by atoms with E-state index in [1.165, 1.54) is 4.31 Å². The number of benzene rings is 1. The van der Waals surface area contributed by atoms with Gasteiger partial charge >= 0.3 is 0 Å². The van der Waals surface area contributed by atoms with Gasteiger partial charge in [-0.3, -0.25) is 4.79 Å². The number of likely N-dealkylation sites (N-methyl/N-ethyl adjacent to an activating group) is 1. The average molecular weight is 282 g/mol. The maximum atomic E-state index is 12.3. The van der Waals surface area contributed by atoms with Crippen molar-refractivity contribution in [3.8, 4) is 0 Å². The van der Waals surface area contributed by atoms with E-state index in [-0.39, 0.29) is 18.2 Å². The Balaban J connectivity index is 2.13. The van der Waals surface area contributed by atoms with E-state index in [4.69, 9.17) is 0 Å². The molecule has 1 aromatic rings. The SMILES string of the molecule is Cc1cccc(CS(=O)(=O)N2CCN(C)C(=O)C2)c1. The topological polar surface area (TPSA) is 57.7 Å². The lowest BCUT2D eigenvalue weighted by molar-refractivity contribution is -0.132. The molecule has 19 heavy (non-hydrogen) atoms. The Bertz CT molecular complexity index is 583. The molecule has 0 atom stereocenters. The minimum absolute atomic E-state index is 0.0499. The van der Waals surface area contributed by atoms with Crippen molar-refractivity contribution >= 4 is 15.9 Å². The third-order valence-electron chi connectivity index (χ3n) is 3.25. The molecule has 0 spiro atoms. The number of sulfonamides is 1. The Morgan fingerprint density at radius 1 is 1.26 bits per heavy atom. The molecule has 0 radical (unpaired) electrons. The van der Waals surface area contributed by atoms with Crippen molar-refractivity contribution < 1.29 is 13.2 Å². The van der Waals surface area contributed by atoms with Gasteiger partial charge in [0.15, 0.2) is 0 Å². The Morgan fingerprint density at radius 2 is 2.00 bits per heavy atom. The standard InChI is InChI=1S/C13H18N2O3S/c1-11-4-3-5-12(8-11)10-19(17,18)15-7-6-14(2)13(16)9-15/h3-5,8H,6-7,9-10H2,1-2H3. The predicted octanol–water partition coefficient (Wildman–Crippen LogP) is 0.599. The van der Waals surface area contributed by atoms with Crippen LogP contribution in [0.1, 0.15) is 11.1 Å². The molecule has 1 heterocycles. The minimum Gasteiger partial charge on any atom is -0.343 e. The highest BCUT2D eigenvalue weighted by Gasteiger charge is 2.30. The monoisotopic (exact) mass is 282 g/mol. The van der Waals surface area contributed by atoms with Crippen molar-refractivity contribution in [3.05, 3.63) is 35.4 Å². The first-order chi connectivity index (χ1) is 8.88. The van der Waals surface area contributed by atoms with Crippen LogP contribution in [-0.2, 0) is 20.6 Å². The smallest absolute Gasteiger partial charge is 0.237 e. The lowest BCUT2D eigenvalue weighted by Gasteiger charge is -2.31. The van der Waals surface area contributed by atoms with E-state index >= 15 is 0 Å². The predicted molar refractivity (Wildman–Crippen MR) is 73.0 cm³/mol. The van der Waals surface area contributed by atoms with Gasteiger partial charge in [0.05, 0.1) is 12.3 Å². The molecule has 0 unspecified atom stereocenters. The Labute approximate surface area is 113 Å². The lowest BCUT2D eigenvalue weighted by atomic mass is 10.2. The molecule has 0 aliphatic carbocycles. The number of hydrogen-bond acceptors (Lipinski definition) is 3. The van der Waals surface area contributed by atoms with E-state index < -0.39 is 10.0 Å². The summed E-state index contributed by atoms with van der Waals surface area (Å²) in [6, 6.07) is 7.42. The fourth-order valence-corrected chi connectivity index (χ4v) is 3.53. The number of aryl methyl sites for hydroxylation is 1. The van der Waals surface area contributed by atoms with Gasteiger partial charge in [-0.05, 0) is 12.5 Å². The summed E-state index contributed by atoms with van der Waals surface area (Å²) in [5, 5.41) is 0. The molecule has 1 amide bonds. The van der Waals surface area contributed by atoms with Crippen molar-refractivity contribution in [1.82, 2.24) is 9.21 Å². The van der Waals surface area contributed by atoms with Gasteiger partial charge in [-0.1, -0.05) is 29.8 Å². The summed E-state index contributed by atoms with van der Waals surface area (Å²) in [4.78, 5) is 13.1. The Hall–Kier alpha value is -1.40. The second kappa shape index (κ2) is 5.30. The molecule has 1 aromatic carbocycles. The molecule has 6 heteroatoms. The normalized spacial score (nSPS) is 17.8. The van der Waals surface area contributed by atoms with Crippen LogP contribution in [0.3, 0.4) is 0 Å². The maximum absolute atomic E-state index is 12.3. The van der Waals surface area contributed by atoms with E-state index in [0.29, 0.717) is 13.1 Å². The van der Waals surface area contributed by atoms with E-state index in [0.717, 1.165) is 11.1 Å². The number of rotatable bonds is 3. The van der Waals surface area contributed by atoms with Crippen LogP contribution in [0.25, 0.3) is 0 Å². The highest BCUT2D eigenvalue weighted by atomic mass is 32.2. The highest BCUT2D eigenvalue weighted by Crippen LogP contribution is 2.14. The first-order valence-electron chi connectivity index (χ1n) is 6.16. The largest absolute Gasteiger partial charge is 0.343 e. The average Bonchev–Trinajstić information content (AvgIpc) is 2.32. The maximum Gasteiger partial charge on any atom is 0.237 e. The quantitative estimate of drug-likeness (QED) is 0.815. The molecule has 1 aliphatic heterocycles. The van der Waals surface area contributed by atoms with Gasteiger partial charge < -0.3 is 4.90 Å². The van der Waals surface area contributed by atoms with Crippen molar-refractivity contribution in [1.29, 1.82) is 0 Å². The Morgan fingerprint density at radius 3 is 2.63 bits per heavy atom. The fraction of sp³-hybridized carbons (Fsp3) is 0.462. The molecule has 1 aliphatic rings. The second-order valence-corrected chi connectivity index (χ2v) is 6.86. The molecule has 0 bridgehead atoms. The molecule has 104 valence electrons. The molecule has 1 saturated heterocycles. The first-order valence-corrected chi connectivity index (χ1v) is 7.77. The van der Waals surface area contributed by atoms with Crippen LogP contribution in [0.2, 0.25) is 0 Å². The van der Waals surface area contributed by atoms with Crippen LogP contribution >= 0.6 is 0 Å². The number of carbonyl (C=O) groups is 1. The summed E-state index contributed by atoms with van der Waals surface area (Å²) >= 11 is 0. The highest BCUT2D eigenvalue weighted by molar-refractivity contribution is 7.88. The molecule has 5 nitrogen and oxygen atoms in total. The van der Waals surface area contributed by atoms with Gasteiger partial charge in [0.25, 0.3) is 0 Å². The van der Waals surface area contributed by atoms with E-state index in [1.54, 1.807) is 18.0 Å². The zero-order valence-corrected chi connectivity index (χ0v) is 12.0. The summed E-state index contributed by atoms with van der Waals surface area (Å²) in [5.41, 5.74) is 1.79. The molecular formula is C13H18N2O3S. The van der Waals surface area contributed by atoms with E-state index in [9.17, 15) is 13.2 Å². The summed E-state index contributed by atoms with van der Waals surface area (Å²) in [6.07, 6.45) is 0. The summed E-state index contributed by atoms with van der Waals surface area (Å²) < 4.78 is 25.8. The van der Waals surface area contributed by atoms with Gasteiger partial charge in [0.1, 0.15) is 0 Å². The third-order valence-corrected chi connectivity index (χ3v) is 5.04. The molecule has 0 saturated carbocycles. The zero-order valence-electron chi connectivity index (χ0n) is 11.2. The van der Waals surface area contributed by atoms with Gasteiger partial charge in [0.2, 0.25) is 15.9 Å². The number of carbonyl (C=O) groups excluding carboxylic acids is 1. The Kier molecular flexibility index (Phi) is 3.91. The molecule has 0 aromatic heterocycles. The molecule has 0 N–H and O–H groups in total. The van der Waals surface area contributed by atoms with Crippen molar-refractivity contribution in [2.75, 3.05) is 26.7 Å². The number of nitrogens with zero attached hydrogens (tertiary/aromatic N) is 2. The van der Waals surface area contributed by atoms with Crippen LogP contribution in [0.5, 0.6) is 0 Å². The van der Waals surface area contributed by atoms with Crippen LogP contribution in [0.4, 0.5) is 0 Å². The van der Waals surface area contributed by atoms with Gasteiger partial charge in [0, 0.05) is 20.1 Å². The number of piperazine rings is 1. The van der Waals surface area contributed by atoms with Gasteiger partial charge in [-0.2, -0.15) is 4.31 Å². The van der Waals surface area contributed by atoms with Crippen LogP contribution < -0.4 is 0 Å². The van der Waals surface area contributed by atoms with Crippen LogP contribution in [0, 0.1) is 6.92 Å². The fourth-order valence-electron chi connectivity index (χ4n) is 2.08. The van der Waals surface area contributed by atoms with Crippen LogP contribution in [-0.4, -0.2) is 50.2 Å². The van der Waals surface area contributed by atoms with Crippen LogP contribution in [0.15, 0.2) is 24.3 Å². The van der Waals surface area contributed by atoms with E-state index in [2.05, 4.69) is 0 Å². The summed E-state index contributed by atoms with van der Waals surface area (Å²) in [7, 11) is -1.74. The zero-order chi connectivity index (χ0) is 14.0. The summed E-state index contributed by atoms with van der Waals surface area (Å²) in [6.45, 7) is 2.70. The number of amides is 1. The third kappa shape index (κ3) is 3.33. The van der Waals surface area contributed by atoms with Crippen molar-refractivity contribution in [2.45, 2.75) is 12.7 Å². The molecule has 1 fully saturated rings. The minimum atomic E-state index is -3.42. The molecular weight excluding hydrogens is 264 g/mol. The first kappa shape index (κ1) is 14.0.